The van der Waals surface area contributed by atoms with Crippen molar-refractivity contribution < 1.29 is 19.1 Å². The molecule has 1 saturated heterocycles. The number of allylic oxidation sites excluding steroid dienone is 2. The molecule has 0 radical (unpaired) electrons. The highest BCUT2D eigenvalue weighted by Gasteiger charge is 2.56. The van der Waals surface area contributed by atoms with Gasteiger partial charge in [-0.05, 0) is 89.6 Å². The zero-order chi connectivity index (χ0) is 23.8. The molecule has 1 heterocycles. The minimum atomic E-state index is -0.262. The topological polar surface area (TPSA) is 68.2 Å². The summed E-state index contributed by atoms with van der Waals surface area (Å²) in [5, 5.41) is 5.41. The number of amides is 2. The molecule has 4 atom stereocenters. The Morgan fingerprint density at radius 1 is 1.06 bits per heavy atom. The number of nitrogens with zero attached hydrogens (tertiary/aromatic N) is 2. The predicted molar refractivity (Wildman–Crippen MR) is 141 cm³/mol. The van der Waals surface area contributed by atoms with E-state index in [1.54, 1.807) is 6.21 Å². The largest absolute Gasteiger partial charge is 0.490 e. The number of imide groups is 1. The molecular formula is C26H24BrIN2O4. The van der Waals surface area contributed by atoms with E-state index >= 15 is 0 Å². The Labute approximate surface area is 220 Å². The van der Waals surface area contributed by atoms with Gasteiger partial charge in [-0.25, -0.2) is 0 Å². The van der Waals surface area contributed by atoms with Gasteiger partial charge in [-0.3, -0.25) is 9.59 Å². The quantitative estimate of drug-likeness (QED) is 0.173. The third kappa shape index (κ3) is 4.42. The number of hydrazone groups is 1. The standard InChI is InChI=1S/C26H24BrIN2O4/c1-2-33-21-12-16(11-20(28)24(21)34-14-15-3-9-19(27)10-4-15)13-29-30-25(31)22-17-5-6-18(8-7-17)23(22)26(30)32/h3-6,9-13,17-18,22-23H,2,7-8,14H2,1H3/b29-13-/t17-,18-,22-,23-/m0/s1. The van der Waals surface area contributed by atoms with Crippen LogP contribution in [0.15, 0.2) is 58.1 Å². The van der Waals surface area contributed by atoms with E-state index in [1.165, 1.54) is 0 Å². The van der Waals surface area contributed by atoms with E-state index in [9.17, 15) is 9.59 Å². The van der Waals surface area contributed by atoms with E-state index in [0.717, 1.165) is 37.0 Å². The predicted octanol–water partition coefficient (Wildman–Crippen LogP) is 5.56. The maximum atomic E-state index is 13.0. The molecule has 34 heavy (non-hydrogen) atoms. The molecule has 2 aromatic carbocycles. The van der Waals surface area contributed by atoms with Crippen LogP contribution in [0, 0.1) is 27.2 Å². The highest BCUT2D eigenvalue weighted by Crippen LogP contribution is 2.49. The SMILES string of the molecule is CCOc1cc(/C=N\N2C(=O)[C@@H]3[C@@H](C2=O)[C@H]2C=C[C@H]3CC2)cc(I)c1OCc1ccc(Br)cc1. The molecule has 176 valence electrons. The summed E-state index contributed by atoms with van der Waals surface area (Å²) in [5.41, 5.74) is 1.78. The van der Waals surface area contributed by atoms with Crippen LogP contribution in [0.25, 0.3) is 0 Å². The minimum Gasteiger partial charge on any atom is -0.490 e. The molecular weight excluding hydrogens is 611 g/mol. The molecule has 2 aromatic rings. The first-order valence-corrected chi connectivity index (χ1v) is 13.3. The van der Waals surface area contributed by atoms with Gasteiger partial charge in [0.1, 0.15) is 6.61 Å². The van der Waals surface area contributed by atoms with Crippen LogP contribution in [-0.2, 0) is 16.2 Å². The van der Waals surface area contributed by atoms with Gasteiger partial charge in [0.05, 0.1) is 28.2 Å². The van der Waals surface area contributed by atoms with Crippen molar-refractivity contribution in [3.8, 4) is 11.5 Å². The molecule has 6 rings (SSSR count). The fourth-order valence-corrected chi connectivity index (χ4v) is 6.14. The van der Waals surface area contributed by atoms with Gasteiger partial charge in [-0.15, -0.1) is 0 Å². The third-order valence-corrected chi connectivity index (χ3v) is 8.02. The summed E-state index contributed by atoms with van der Waals surface area (Å²) >= 11 is 5.65. The first-order chi connectivity index (χ1) is 16.5. The first-order valence-electron chi connectivity index (χ1n) is 11.4. The summed E-state index contributed by atoms with van der Waals surface area (Å²) in [7, 11) is 0. The van der Waals surface area contributed by atoms with Crippen molar-refractivity contribution in [2.24, 2.45) is 28.8 Å². The van der Waals surface area contributed by atoms with Gasteiger partial charge >= 0.3 is 0 Å². The van der Waals surface area contributed by atoms with Crippen molar-refractivity contribution in [3.63, 3.8) is 0 Å². The maximum absolute atomic E-state index is 13.0. The number of fused-ring (bicyclic) bond motifs is 1. The van der Waals surface area contributed by atoms with Crippen molar-refractivity contribution >= 4 is 56.5 Å². The molecule has 8 heteroatoms. The third-order valence-electron chi connectivity index (χ3n) is 6.69. The van der Waals surface area contributed by atoms with E-state index in [0.29, 0.717) is 24.7 Å². The summed E-state index contributed by atoms with van der Waals surface area (Å²) in [6, 6.07) is 11.7. The van der Waals surface area contributed by atoms with Crippen LogP contribution in [0.1, 0.15) is 30.9 Å². The average Bonchev–Trinajstić information content (AvgIpc) is 3.11. The smallest absolute Gasteiger partial charge is 0.254 e. The van der Waals surface area contributed by atoms with Crippen LogP contribution in [0.5, 0.6) is 11.5 Å². The number of halogens is 2. The summed E-state index contributed by atoms with van der Waals surface area (Å²) < 4.78 is 13.8. The number of carbonyl (C=O) groups is 2. The molecule has 2 amide bonds. The van der Waals surface area contributed by atoms with Crippen molar-refractivity contribution in [2.45, 2.75) is 26.4 Å². The zero-order valence-corrected chi connectivity index (χ0v) is 22.4. The molecule has 0 spiro atoms. The maximum Gasteiger partial charge on any atom is 0.254 e. The number of carbonyl (C=O) groups excluding carboxylic acids is 2. The van der Waals surface area contributed by atoms with Gasteiger partial charge in [0.15, 0.2) is 11.5 Å². The average molecular weight is 635 g/mol. The monoisotopic (exact) mass is 634 g/mol. The summed E-state index contributed by atoms with van der Waals surface area (Å²) in [6.07, 6.45) is 7.72. The Kier molecular flexibility index (Phi) is 6.79. The first kappa shape index (κ1) is 23.5. The number of benzene rings is 2. The second-order valence-corrected chi connectivity index (χ2v) is 10.8. The number of hydrogen-bond acceptors (Lipinski definition) is 5. The molecule has 1 aliphatic heterocycles. The molecule has 2 fully saturated rings. The fourth-order valence-electron chi connectivity index (χ4n) is 5.10. The summed E-state index contributed by atoms with van der Waals surface area (Å²) in [5.74, 6) is 0.675. The molecule has 2 bridgehead atoms. The Morgan fingerprint density at radius 2 is 1.71 bits per heavy atom. The van der Waals surface area contributed by atoms with Crippen LogP contribution in [-0.4, -0.2) is 29.6 Å². The minimum absolute atomic E-state index is 0.152. The molecule has 0 unspecified atom stereocenters. The zero-order valence-electron chi connectivity index (χ0n) is 18.6. The van der Waals surface area contributed by atoms with Gasteiger partial charge in [-0.1, -0.05) is 40.2 Å². The lowest BCUT2D eigenvalue weighted by Crippen LogP contribution is -2.38. The Morgan fingerprint density at radius 3 is 2.29 bits per heavy atom. The number of hydrogen-bond donors (Lipinski definition) is 0. The second-order valence-electron chi connectivity index (χ2n) is 8.75. The normalized spacial score (nSPS) is 25.3. The Bertz CT molecular complexity index is 1150. The fraction of sp³-hybridized carbons (Fsp3) is 0.346. The summed E-state index contributed by atoms with van der Waals surface area (Å²) in [4.78, 5) is 26.0. The van der Waals surface area contributed by atoms with E-state index in [2.05, 4.69) is 55.8 Å². The van der Waals surface area contributed by atoms with Crippen LogP contribution >= 0.6 is 38.5 Å². The van der Waals surface area contributed by atoms with Crippen molar-refractivity contribution in [3.05, 3.63) is 67.7 Å². The Hall–Kier alpha value is -2.20. The number of rotatable bonds is 7. The van der Waals surface area contributed by atoms with Crippen LogP contribution < -0.4 is 9.47 Å². The van der Waals surface area contributed by atoms with Crippen molar-refractivity contribution in [1.82, 2.24) is 5.01 Å². The molecule has 6 nitrogen and oxygen atoms in total. The van der Waals surface area contributed by atoms with Crippen LogP contribution in [0.4, 0.5) is 0 Å². The highest BCUT2D eigenvalue weighted by molar-refractivity contribution is 14.1. The highest BCUT2D eigenvalue weighted by atomic mass is 127. The van der Waals surface area contributed by atoms with E-state index in [-0.39, 0.29) is 35.5 Å². The summed E-state index contributed by atoms with van der Waals surface area (Å²) in [6.45, 7) is 2.80. The molecule has 0 N–H and O–H groups in total. The second kappa shape index (κ2) is 9.81. The molecule has 0 aromatic heterocycles. The lowest BCUT2D eigenvalue weighted by Gasteiger charge is -2.37. The van der Waals surface area contributed by atoms with E-state index in [4.69, 9.17) is 9.47 Å². The van der Waals surface area contributed by atoms with Gasteiger partial charge < -0.3 is 9.47 Å². The van der Waals surface area contributed by atoms with E-state index < -0.39 is 0 Å². The van der Waals surface area contributed by atoms with E-state index in [1.807, 2.05) is 43.3 Å². The lowest BCUT2D eigenvalue weighted by molar-refractivity contribution is -0.140. The van der Waals surface area contributed by atoms with Gasteiger partial charge in [0, 0.05) is 4.47 Å². The Balaban J connectivity index is 1.35. The van der Waals surface area contributed by atoms with Crippen molar-refractivity contribution in [2.75, 3.05) is 6.61 Å². The van der Waals surface area contributed by atoms with Gasteiger partial charge in [0.25, 0.3) is 11.8 Å². The lowest BCUT2D eigenvalue weighted by atomic mass is 9.63. The van der Waals surface area contributed by atoms with Crippen molar-refractivity contribution in [1.29, 1.82) is 0 Å². The van der Waals surface area contributed by atoms with Gasteiger partial charge in [0.2, 0.25) is 0 Å². The molecule has 4 aliphatic rings. The van der Waals surface area contributed by atoms with Crippen LogP contribution in [0.3, 0.4) is 0 Å². The molecule has 3 aliphatic carbocycles. The number of ether oxygens (including phenoxy) is 2. The van der Waals surface area contributed by atoms with Gasteiger partial charge in [-0.2, -0.15) is 10.1 Å². The van der Waals surface area contributed by atoms with Crippen LogP contribution in [0.2, 0.25) is 0 Å². The molecule has 1 saturated carbocycles.